The second-order valence-corrected chi connectivity index (χ2v) is 7.72. The van der Waals surface area contributed by atoms with Gasteiger partial charge in [0.25, 0.3) is 11.5 Å². The van der Waals surface area contributed by atoms with E-state index in [2.05, 4.69) is 6.92 Å². The molecule has 0 aliphatic carbocycles. The number of piperidine rings is 1. The average Bonchev–Trinajstić information content (AvgIpc) is 2.72. The Morgan fingerprint density at radius 2 is 1.75 bits per heavy atom. The molecule has 5 nitrogen and oxygen atoms in total. The topological polar surface area (TPSA) is 54.7 Å². The summed E-state index contributed by atoms with van der Waals surface area (Å²) >= 11 is 0. The molecule has 3 heterocycles. The molecule has 5 heteroatoms. The normalized spacial score (nSPS) is 15.5. The Bertz CT molecular complexity index is 1280. The number of benzene rings is 2. The summed E-state index contributed by atoms with van der Waals surface area (Å²) < 4.78 is 1.50. The smallest absolute Gasteiger partial charge is 0.265 e. The molecule has 4 aromatic rings. The van der Waals surface area contributed by atoms with Crippen molar-refractivity contribution < 1.29 is 4.79 Å². The highest BCUT2D eigenvalue weighted by Gasteiger charge is 2.24. The molecule has 1 saturated heterocycles. The van der Waals surface area contributed by atoms with Crippen LogP contribution in [0.25, 0.3) is 27.3 Å². The third-order valence-electron chi connectivity index (χ3n) is 5.81. The Balaban J connectivity index is 1.71. The van der Waals surface area contributed by atoms with Crippen LogP contribution in [0.1, 0.15) is 30.1 Å². The van der Waals surface area contributed by atoms with Gasteiger partial charge in [-0.1, -0.05) is 31.2 Å². The molecule has 140 valence electrons. The molecule has 1 fully saturated rings. The van der Waals surface area contributed by atoms with Crippen LogP contribution in [0.15, 0.2) is 59.5 Å². The van der Waals surface area contributed by atoms with Gasteiger partial charge in [0.1, 0.15) is 0 Å². The standard InChI is InChI=1S/C23H21N3O2/c1-15-8-11-25(12-9-15)22(27)18-7-4-10-26-21(18)24-20-14-17-6-3-2-5-16(17)13-19(20)23(26)28/h2-7,10,13-15H,8-9,11-12H2,1H3. The van der Waals surface area contributed by atoms with Crippen molar-refractivity contribution in [2.75, 3.05) is 13.1 Å². The molecule has 2 aromatic carbocycles. The van der Waals surface area contributed by atoms with Gasteiger partial charge in [-0.05, 0) is 53.8 Å². The van der Waals surface area contributed by atoms with Crippen LogP contribution in [-0.4, -0.2) is 33.3 Å². The van der Waals surface area contributed by atoms with E-state index in [9.17, 15) is 9.59 Å². The van der Waals surface area contributed by atoms with Gasteiger partial charge in [0.15, 0.2) is 5.65 Å². The maximum absolute atomic E-state index is 13.2. The number of rotatable bonds is 1. The van der Waals surface area contributed by atoms with Gasteiger partial charge < -0.3 is 4.90 Å². The number of pyridine rings is 1. The summed E-state index contributed by atoms with van der Waals surface area (Å²) in [5.41, 5.74) is 1.40. The van der Waals surface area contributed by atoms with E-state index in [4.69, 9.17) is 4.98 Å². The SMILES string of the molecule is CC1CCN(C(=O)c2cccn3c(=O)c4cc5ccccc5cc4nc23)CC1. The highest BCUT2D eigenvalue weighted by molar-refractivity contribution is 6.02. The highest BCUT2D eigenvalue weighted by atomic mass is 16.2. The van der Waals surface area contributed by atoms with Crippen molar-refractivity contribution in [3.05, 3.63) is 70.6 Å². The van der Waals surface area contributed by atoms with Crippen LogP contribution < -0.4 is 5.56 Å². The lowest BCUT2D eigenvalue weighted by atomic mass is 9.99. The number of carbonyl (C=O) groups is 1. The molecule has 0 unspecified atom stereocenters. The fraction of sp³-hybridized carbons (Fsp3) is 0.261. The van der Waals surface area contributed by atoms with E-state index in [1.54, 1.807) is 18.3 Å². The molecule has 1 aliphatic heterocycles. The van der Waals surface area contributed by atoms with Crippen molar-refractivity contribution in [3.8, 4) is 0 Å². The largest absolute Gasteiger partial charge is 0.339 e. The summed E-state index contributed by atoms with van der Waals surface area (Å²) in [4.78, 5) is 32.9. The molecule has 0 N–H and O–H groups in total. The Hall–Kier alpha value is -3.21. The van der Waals surface area contributed by atoms with Crippen LogP contribution in [-0.2, 0) is 0 Å². The molecule has 1 aliphatic rings. The number of likely N-dealkylation sites (tertiary alicyclic amines) is 1. The summed E-state index contributed by atoms with van der Waals surface area (Å²) in [6.45, 7) is 3.73. The minimum Gasteiger partial charge on any atom is -0.339 e. The van der Waals surface area contributed by atoms with Crippen molar-refractivity contribution in [1.82, 2.24) is 14.3 Å². The van der Waals surface area contributed by atoms with Gasteiger partial charge in [0, 0.05) is 19.3 Å². The monoisotopic (exact) mass is 371 g/mol. The van der Waals surface area contributed by atoms with Crippen LogP contribution in [0.5, 0.6) is 0 Å². The molecular weight excluding hydrogens is 350 g/mol. The molecular formula is C23H21N3O2. The number of hydrogen-bond donors (Lipinski definition) is 0. The number of fused-ring (bicyclic) bond motifs is 3. The molecule has 0 radical (unpaired) electrons. The van der Waals surface area contributed by atoms with Gasteiger partial charge in [0.2, 0.25) is 0 Å². The van der Waals surface area contributed by atoms with E-state index < -0.39 is 0 Å². The second kappa shape index (κ2) is 6.44. The zero-order chi connectivity index (χ0) is 19.3. The molecule has 0 saturated carbocycles. The minimum absolute atomic E-state index is 0.0444. The lowest BCUT2D eigenvalue weighted by Gasteiger charge is -2.30. The lowest BCUT2D eigenvalue weighted by Crippen LogP contribution is -2.38. The molecule has 0 bridgehead atoms. The van der Waals surface area contributed by atoms with E-state index in [0.717, 1.165) is 36.7 Å². The van der Waals surface area contributed by atoms with E-state index in [1.807, 2.05) is 41.3 Å². The Morgan fingerprint density at radius 3 is 2.50 bits per heavy atom. The zero-order valence-corrected chi connectivity index (χ0v) is 15.8. The Morgan fingerprint density at radius 1 is 1.04 bits per heavy atom. The van der Waals surface area contributed by atoms with Gasteiger partial charge in [0.05, 0.1) is 16.5 Å². The van der Waals surface area contributed by atoms with Crippen LogP contribution in [0.2, 0.25) is 0 Å². The molecule has 0 spiro atoms. The van der Waals surface area contributed by atoms with Gasteiger partial charge in [-0.25, -0.2) is 4.98 Å². The van der Waals surface area contributed by atoms with E-state index in [1.165, 1.54) is 4.40 Å². The zero-order valence-electron chi connectivity index (χ0n) is 15.8. The van der Waals surface area contributed by atoms with Crippen LogP contribution in [0, 0.1) is 5.92 Å². The summed E-state index contributed by atoms with van der Waals surface area (Å²) in [6, 6.07) is 15.2. The number of aromatic nitrogens is 2. The van der Waals surface area contributed by atoms with Crippen molar-refractivity contribution in [1.29, 1.82) is 0 Å². The van der Waals surface area contributed by atoms with Gasteiger partial charge in [-0.2, -0.15) is 0 Å². The second-order valence-electron chi connectivity index (χ2n) is 7.72. The van der Waals surface area contributed by atoms with Gasteiger partial charge >= 0.3 is 0 Å². The quantitative estimate of drug-likeness (QED) is 0.477. The molecule has 0 atom stereocenters. The van der Waals surface area contributed by atoms with Crippen LogP contribution in [0.3, 0.4) is 0 Å². The number of carbonyl (C=O) groups excluding carboxylic acids is 1. The predicted molar refractivity (Wildman–Crippen MR) is 111 cm³/mol. The minimum atomic E-state index is -0.146. The fourth-order valence-electron chi connectivity index (χ4n) is 4.06. The van der Waals surface area contributed by atoms with Crippen molar-refractivity contribution >= 4 is 33.2 Å². The maximum Gasteiger partial charge on any atom is 0.265 e. The third-order valence-corrected chi connectivity index (χ3v) is 5.81. The van der Waals surface area contributed by atoms with E-state index in [-0.39, 0.29) is 11.5 Å². The molecule has 28 heavy (non-hydrogen) atoms. The first kappa shape index (κ1) is 16.9. The van der Waals surface area contributed by atoms with Crippen molar-refractivity contribution in [3.63, 3.8) is 0 Å². The van der Waals surface area contributed by atoms with Crippen molar-refractivity contribution in [2.24, 2.45) is 5.92 Å². The van der Waals surface area contributed by atoms with Crippen LogP contribution in [0.4, 0.5) is 0 Å². The first-order valence-electron chi connectivity index (χ1n) is 9.75. The van der Waals surface area contributed by atoms with Crippen molar-refractivity contribution in [2.45, 2.75) is 19.8 Å². The summed E-state index contributed by atoms with van der Waals surface area (Å²) in [7, 11) is 0. The summed E-state index contributed by atoms with van der Waals surface area (Å²) in [6.07, 6.45) is 3.71. The Labute approximate surface area is 162 Å². The maximum atomic E-state index is 13.2. The Kier molecular flexibility index (Phi) is 3.90. The number of nitrogens with zero attached hydrogens (tertiary/aromatic N) is 3. The first-order valence-corrected chi connectivity index (χ1v) is 9.75. The summed E-state index contributed by atoms with van der Waals surface area (Å²) in [5, 5.41) is 2.59. The third kappa shape index (κ3) is 2.66. The van der Waals surface area contributed by atoms with E-state index >= 15 is 0 Å². The predicted octanol–water partition coefficient (Wildman–Crippen LogP) is 3.87. The molecule has 1 amide bonds. The molecule has 2 aromatic heterocycles. The lowest BCUT2D eigenvalue weighted by molar-refractivity contribution is 0.0698. The average molecular weight is 371 g/mol. The molecule has 5 rings (SSSR count). The number of amides is 1. The van der Waals surface area contributed by atoms with Gasteiger partial charge in [-0.15, -0.1) is 0 Å². The van der Waals surface area contributed by atoms with Gasteiger partial charge in [-0.3, -0.25) is 14.0 Å². The fourth-order valence-corrected chi connectivity index (χ4v) is 4.06. The first-order chi connectivity index (χ1) is 13.6. The highest BCUT2D eigenvalue weighted by Crippen LogP contribution is 2.22. The van der Waals surface area contributed by atoms with E-state index in [0.29, 0.717) is 28.0 Å². The van der Waals surface area contributed by atoms with Crippen LogP contribution >= 0.6 is 0 Å². The number of hydrogen-bond acceptors (Lipinski definition) is 3. The summed E-state index contributed by atoms with van der Waals surface area (Å²) in [5.74, 6) is 0.603.